The number of rotatable bonds is 9. The quantitative estimate of drug-likeness (QED) is 0.261. The number of amides is 1. The fourth-order valence-electron chi connectivity index (χ4n) is 4.82. The fraction of sp³-hybridized carbons (Fsp3) is 0.448. The summed E-state index contributed by atoms with van der Waals surface area (Å²) >= 11 is 3.51. The van der Waals surface area contributed by atoms with E-state index in [4.69, 9.17) is 9.47 Å². The van der Waals surface area contributed by atoms with Crippen LogP contribution in [0.5, 0.6) is 5.75 Å². The molecule has 2 aliphatic heterocycles. The van der Waals surface area contributed by atoms with Crippen LogP contribution in [0, 0.1) is 12.8 Å². The van der Waals surface area contributed by atoms with Crippen molar-refractivity contribution in [2.45, 2.75) is 33.2 Å². The molecule has 2 aromatic carbocycles. The van der Waals surface area contributed by atoms with Gasteiger partial charge in [0.25, 0.3) is 11.7 Å². The number of morpholine rings is 1. The maximum absolute atomic E-state index is 13.3. The summed E-state index contributed by atoms with van der Waals surface area (Å²) in [4.78, 5) is 30.5. The predicted molar refractivity (Wildman–Crippen MR) is 147 cm³/mol. The molecule has 0 unspecified atom stereocenters. The first-order valence-electron chi connectivity index (χ1n) is 12.8. The molecule has 0 spiro atoms. The molecular weight excluding hydrogens is 536 g/mol. The van der Waals surface area contributed by atoms with E-state index in [9.17, 15) is 14.7 Å². The molecule has 4 rings (SSSR count). The molecule has 8 heteroatoms. The second kappa shape index (κ2) is 12.2. The molecule has 37 heavy (non-hydrogen) atoms. The first-order valence-corrected chi connectivity index (χ1v) is 13.6. The van der Waals surface area contributed by atoms with Crippen LogP contribution in [0.1, 0.15) is 43.0 Å². The van der Waals surface area contributed by atoms with Crippen molar-refractivity contribution in [1.82, 2.24) is 9.80 Å². The Hall–Kier alpha value is -2.68. The zero-order valence-electron chi connectivity index (χ0n) is 21.7. The highest BCUT2D eigenvalue weighted by Crippen LogP contribution is 2.40. The van der Waals surface area contributed by atoms with Crippen molar-refractivity contribution in [2.75, 3.05) is 46.0 Å². The van der Waals surface area contributed by atoms with Crippen molar-refractivity contribution >= 4 is 33.4 Å². The molecule has 0 bridgehead atoms. The molecule has 1 atom stereocenters. The van der Waals surface area contributed by atoms with Gasteiger partial charge in [0.2, 0.25) is 0 Å². The molecule has 0 aliphatic carbocycles. The van der Waals surface area contributed by atoms with Gasteiger partial charge in [0.05, 0.1) is 31.4 Å². The maximum atomic E-state index is 13.3. The monoisotopic (exact) mass is 570 g/mol. The number of carbonyl (C=O) groups excluding carboxylic acids is 2. The summed E-state index contributed by atoms with van der Waals surface area (Å²) in [6.07, 6.45) is 0.721. The van der Waals surface area contributed by atoms with Crippen LogP contribution in [0.4, 0.5) is 0 Å². The lowest BCUT2D eigenvalue weighted by atomic mass is 9.94. The van der Waals surface area contributed by atoms with Crippen LogP contribution in [-0.4, -0.2) is 72.6 Å². The molecule has 2 fully saturated rings. The van der Waals surface area contributed by atoms with Crippen LogP contribution in [0.2, 0.25) is 0 Å². The third-order valence-electron chi connectivity index (χ3n) is 6.72. The average molecular weight is 572 g/mol. The van der Waals surface area contributed by atoms with Crippen LogP contribution in [0.3, 0.4) is 0 Å². The van der Waals surface area contributed by atoms with Gasteiger partial charge in [0.1, 0.15) is 11.5 Å². The Morgan fingerprint density at radius 1 is 1.14 bits per heavy atom. The maximum Gasteiger partial charge on any atom is 0.295 e. The van der Waals surface area contributed by atoms with Gasteiger partial charge in [0, 0.05) is 36.2 Å². The normalized spacial score (nSPS) is 20.1. The van der Waals surface area contributed by atoms with Gasteiger partial charge in [-0.3, -0.25) is 14.5 Å². The second-order valence-electron chi connectivity index (χ2n) is 10.0. The van der Waals surface area contributed by atoms with Gasteiger partial charge < -0.3 is 19.5 Å². The van der Waals surface area contributed by atoms with Crippen molar-refractivity contribution in [3.05, 3.63) is 69.2 Å². The zero-order valence-corrected chi connectivity index (χ0v) is 23.3. The molecule has 2 saturated heterocycles. The molecule has 198 valence electrons. The fourth-order valence-corrected chi connectivity index (χ4v) is 5.24. The Bertz CT molecular complexity index is 1170. The average Bonchev–Trinajstić information content (AvgIpc) is 3.13. The molecule has 0 radical (unpaired) electrons. The Kier molecular flexibility index (Phi) is 9.05. The number of Topliss-reactive ketones (excluding diaryl/α,β-unsaturated/α-hetero) is 1. The molecule has 1 N–H and O–H groups in total. The molecular formula is C29H35BrN2O5. The van der Waals surface area contributed by atoms with Crippen LogP contribution in [0.25, 0.3) is 5.76 Å². The largest absolute Gasteiger partial charge is 0.507 e. The highest BCUT2D eigenvalue weighted by molar-refractivity contribution is 9.10. The summed E-state index contributed by atoms with van der Waals surface area (Å²) in [6, 6.07) is 12.3. The number of nitrogens with zero attached hydrogens (tertiary/aromatic N) is 2. The van der Waals surface area contributed by atoms with Crippen molar-refractivity contribution in [3.8, 4) is 5.75 Å². The minimum atomic E-state index is -0.668. The van der Waals surface area contributed by atoms with Crippen molar-refractivity contribution in [2.24, 2.45) is 5.92 Å². The van der Waals surface area contributed by atoms with Crippen LogP contribution in [0.15, 0.2) is 52.5 Å². The summed E-state index contributed by atoms with van der Waals surface area (Å²) < 4.78 is 12.1. The number of halogens is 1. The number of ketones is 1. The van der Waals surface area contributed by atoms with Gasteiger partial charge in [0.15, 0.2) is 0 Å². The lowest BCUT2D eigenvalue weighted by Crippen LogP contribution is -2.38. The summed E-state index contributed by atoms with van der Waals surface area (Å²) in [5, 5.41) is 11.5. The molecule has 0 saturated carbocycles. The number of aliphatic hydroxyl groups excluding tert-OH is 1. The Morgan fingerprint density at radius 3 is 2.57 bits per heavy atom. The highest BCUT2D eigenvalue weighted by Gasteiger charge is 2.46. The Balaban J connectivity index is 1.66. The number of ether oxygens (including phenoxy) is 2. The van der Waals surface area contributed by atoms with E-state index in [-0.39, 0.29) is 11.3 Å². The first kappa shape index (κ1) is 27.4. The van der Waals surface area contributed by atoms with Crippen LogP contribution in [-0.2, 0) is 14.3 Å². The number of aliphatic hydroxyl groups is 1. The summed E-state index contributed by atoms with van der Waals surface area (Å²) in [5.74, 6) is -0.309. The molecule has 1 amide bonds. The van der Waals surface area contributed by atoms with Crippen molar-refractivity contribution < 1.29 is 24.2 Å². The standard InChI is InChI=1S/C29H35BrN2O5/c1-19(2)18-37-23-8-9-24(20(3)16-23)27(33)25-26(21-6-4-7-22(30)17-21)32(29(35)28(25)34)11-5-10-31-12-14-36-15-13-31/h4,6-9,16-17,19,26,33H,5,10-15,18H2,1-3H3/b27-25+/t26-/m1/s1. The minimum Gasteiger partial charge on any atom is -0.507 e. The lowest BCUT2D eigenvalue weighted by molar-refractivity contribution is -0.140. The van der Waals surface area contributed by atoms with E-state index in [2.05, 4.69) is 34.7 Å². The SMILES string of the molecule is Cc1cc(OCC(C)C)ccc1/C(O)=C1\C(=O)C(=O)N(CCCN2CCOCC2)[C@@H]1c1cccc(Br)c1. The summed E-state index contributed by atoms with van der Waals surface area (Å²) in [7, 11) is 0. The van der Waals surface area contributed by atoms with E-state index in [0.29, 0.717) is 43.6 Å². The molecule has 2 heterocycles. The van der Waals surface area contributed by atoms with E-state index >= 15 is 0 Å². The van der Waals surface area contributed by atoms with Gasteiger partial charge in [-0.05, 0) is 60.7 Å². The zero-order chi connectivity index (χ0) is 26.5. The predicted octanol–water partition coefficient (Wildman–Crippen LogP) is 4.94. The third-order valence-corrected chi connectivity index (χ3v) is 7.21. The van der Waals surface area contributed by atoms with Gasteiger partial charge in [-0.1, -0.05) is 41.9 Å². The van der Waals surface area contributed by atoms with E-state index in [0.717, 1.165) is 41.7 Å². The van der Waals surface area contributed by atoms with Gasteiger partial charge in [-0.15, -0.1) is 0 Å². The molecule has 7 nitrogen and oxygen atoms in total. The molecule has 2 aliphatic rings. The van der Waals surface area contributed by atoms with Crippen LogP contribution >= 0.6 is 15.9 Å². The van der Waals surface area contributed by atoms with E-state index in [1.807, 2.05) is 37.3 Å². The van der Waals surface area contributed by atoms with Gasteiger partial charge in [-0.2, -0.15) is 0 Å². The van der Waals surface area contributed by atoms with E-state index < -0.39 is 17.7 Å². The topological polar surface area (TPSA) is 79.3 Å². The Morgan fingerprint density at radius 2 is 1.89 bits per heavy atom. The number of benzene rings is 2. The van der Waals surface area contributed by atoms with E-state index in [1.165, 1.54) is 0 Å². The van der Waals surface area contributed by atoms with E-state index in [1.54, 1.807) is 17.0 Å². The van der Waals surface area contributed by atoms with Crippen molar-refractivity contribution in [3.63, 3.8) is 0 Å². The van der Waals surface area contributed by atoms with Gasteiger partial charge >= 0.3 is 0 Å². The number of carbonyl (C=O) groups is 2. The first-order chi connectivity index (χ1) is 17.8. The molecule has 0 aromatic heterocycles. The summed E-state index contributed by atoms with van der Waals surface area (Å²) in [5.41, 5.74) is 2.18. The number of aryl methyl sites for hydroxylation is 1. The van der Waals surface area contributed by atoms with Crippen LogP contribution < -0.4 is 4.74 Å². The lowest BCUT2D eigenvalue weighted by Gasteiger charge is -2.29. The molecule has 2 aromatic rings. The number of likely N-dealkylation sites (tertiary alicyclic amines) is 1. The smallest absolute Gasteiger partial charge is 0.295 e. The number of hydrogen-bond donors (Lipinski definition) is 1. The second-order valence-corrected chi connectivity index (χ2v) is 11.0. The number of hydrogen-bond acceptors (Lipinski definition) is 6. The van der Waals surface area contributed by atoms with Gasteiger partial charge in [-0.25, -0.2) is 0 Å². The Labute approximate surface area is 227 Å². The minimum absolute atomic E-state index is 0.119. The third kappa shape index (κ3) is 6.43. The summed E-state index contributed by atoms with van der Waals surface area (Å²) in [6.45, 7) is 11.0. The highest BCUT2D eigenvalue weighted by atomic mass is 79.9. The van der Waals surface area contributed by atoms with Crippen molar-refractivity contribution in [1.29, 1.82) is 0 Å².